The third-order valence-electron chi connectivity index (χ3n) is 5.72. The summed E-state index contributed by atoms with van der Waals surface area (Å²) in [6.07, 6.45) is 1.91. The zero-order valence-electron chi connectivity index (χ0n) is 19.4. The Morgan fingerprint density at radius 1 is 1.19 bits per heavy atom. The molecule has 0 amide bonds. The van der Waals surface area contributed by atoms with Crippen molar-refractivity contribution in [1.82, 2.24) is 5.32 Å². The number of hydrogen-bond acceptors (Lipinski definition) is 6. The second-order valence-corrected chi connectivity index (χ2v) is 8.91. The number of carbonyl (C=O) groups excluding carboxylic acids is 2. The minimum absolute atomic E-state index is 0.0601. The predicted molar refractivity (Wildman–Crippen MR) is 119 cm³/mol. The quantitative estimate of drug-likeness (QED) is 0.639. The molecule has 0 fully saturated rings. The van der Waals surface area contributed by atoms with Crippen LogP contribution in [0.1, 0.15) is 65.4 Å². The third-order valence-corrected chi connectivity index (χ3v) is 5.72. The van der Waals surface area contributed by atoms with E-state index in [0.29, 0.717) is 42.3 Å². The molecule has 2 aliphatic rings. The molecule has 1 aliphatic carbocycles. The maximum absolute atomic E-state index is 13.3. The molecule has 1 atom stereocenters. The van der Waals surface area contributed by atoms with Crippen molar-refractivity contribution < 1.29 is 23.8 Å². The molecule has 1 aromatic rings. The van der Waals surface area contributed by atoms with E-state index in [-0.39, 0.29) is 11.2 Å². The maximum atomic E-state index is 13.3. The Balaban J connectivity index is 2.16. The molecule has 3 rings (SSSR count). The fraction of sp³-hybridized carbons (Fsp3) is 0.520. The molecule has 6 nitrogen and oxygen atoms in total. The van der Waals surface area contributed by atoms with Crippen LogP contribution >= 0.6 is 0 Å². The number of methoxy groups -OCH3 is 1. The lowest BCUT2D eigenvalue weighted by Gasteiger charge is -2.39. The van der Waals surface area contributed by atoms with Crippen molar-refractivity contribution in [3.05, 3.63) is 46.3 Å². The molecule has 168 valence electrons. The number of esters is 1. The molecule has 0 bridgehead atoms. The van der Waals surface area contributed by atoms with E-state index >= 15 is 0 Å². The lowest BCUT2D eigenvalue weighted by atomic mass is 9.68. The van der Waals surface area contributed by atoms with Crippen LogP contribution in [0.15, 0.2) is 40.7 Å². The van der Waals surface area contributed by atoms with Crippen molar-refractivity contribution in [2.75, 3.05) is 20.3 Å². The maximum Gasteiger partial charge on any atom is 0.336 e. The monoisotopic (exact) mass is 427 g/mol. The molecule has 31 heavy (non-hydrogen) atoms. The van der Waals surface area contributed by atoms with Gasteiger partial charge in [0.05, 0.1) is 25.9 Å². The molecule has 6 heteroatoms. The van der Waals surface area contributed by atoms with E-state index in [1.54, 1.807) is 7.11 Å². The summed E-state index contributed by atoms with van der Waals surface area (Å²) in [4.78, 5) is 26.4. The first kappa shape index (κ1) is 22.9. The second kappa shape index (κ2) is 9.16. The van der Waals surface area contributed by atoms with Crippen molar-refractivity contribution in [3.8, 4) is 11.5 Å². The first-order chi connectivity index (χ1) is 14.7. The second-order valence-electron chi connectivity index (χ2n) is 8.91. The fourth-order valence-corrected chi connectivity index (χ4v) is 4.45. The first-order valence-electron chi connectivity index (χ1n) is 10.9. The number of carbonyl (C=O) groups is 2. The number of ether oxygens (including phenoxy) is 3. The first-order valence-corrected chi connectivity index (χ1v) is 10.9. The van der Waals surface area contributed by atoms with Crippen LogP contribution in [-0.4, -0.2) is 32.1 Å². The van der Waals surface area contributed by atoms with Crippen LogP contribution in [0.2, 0.25) is 0 Å². The molecule has 0 unspecified atom stereocenters. The highest BCUT2D eigenvalue weighted by Gasteiger charge is 2.43. The van der Waals surface area contributed by atoms with E-state index in [1.807, 2.05) is 39.0 Å². The summed E-state index contributed by atoms with van der Waals surface area (Å²) in [5.74, 6) is 0.360. The minimum atomic E-state index is -0.506. The van der Waals surface area contributed by atoms with Crippen LogP contribution in [0.5, 0.6) is 11.5 Å². The van der Waals surface area contributed by atoms with Gasteiger partial charge in [-0.2, -0.15) is 0 Å². The van der Waals surface area contributed by atoms with Gasteiger partial charge in [-0.15, -0.1) is 0 Å². The zero-order valence-corrected chi connectivity index (χ0v) is 19.4. The van der Waals surface area contributed by atoms with Crippen molar-refractivity contribution in [1.29, 1.82) is 0 Å². The van der Waals surface area contributed by atoms with E-state index in [2.05, 4.69) is 19.2 Å². The molecule has 0 saturated heterocycles. The third kappa shape index (κ3) is 4.63. The highest BCUT2D eigenvalue weighted by Crippen LogP contribution is 2.47. The number of nitrogens with one attached hydrogen (secondary N) is 1. The number of Topliss-reactive ketones (excluding diaryl/α,β-unsaturated/α-hetero) is 1. The Labute approximate surface area is 184 Å². The van der Waals surface area contributed by atoms with Gasteiger partial charge in [0.2, 0.25) is 0 Å². The van der Waals surface area contributed by atoms with Gasteiger partial charge >= 0.3 is 5.97 Å². The molecule has 1 aliphatic heterocycles. The van der Waals surface area contributed by atoms with Gasteiger partial charge < -0.3 is 19.5 Å². The summed E-state index contributed by atoms with van der Waals surface area (Å²) >= 11 is 0. The Hall–Kier alpha value is -2.76. The van der Waals surface area contributed by atoms with E-state index in [4.69, 9.17) is 14.2 Å². The van der Waals surface area contributed by atoms with Crippen LogP contribution in [-0.2, 0) is 14.3 Å². The Morgan fingerprint density at radius 3 is 2.58 bits per heavy atom. The number of ketones is 1. The van der Waals surface area contributed by atoms with Gasteiger partial charge in [-0.25, -0.2) is 4.79 Å². The largest absolute Gasteiger partial charge is 0.493 e. The number of allylic oxidation sites excluding steroid dienone is 3. The van der Waals surface area contributed by atoms with Gasteiger partial charge in [-0.1, -0.05) is 26.8 Å². The van der Waals surface area contributed by atoms with Gasteiger partial charge in [0, 0.05) is 29.3 Å². The van der Waals surface area contributed by atoms with Crippen LogP contribution in [0.25, 0.3) is 0 Å². The minimum Gasteiger partial charge on any atom is -0.493 e. The summed E-state index contributed by atoms with van der Waals surface area (Å²) in [7, 11) is 1.58. The number of rotatable bonds is 7. The zero-order chi connectivity index (χ0) is 22.8. The molecule has 1 heterocycles. The van der Waals surface area contributed by atoms with Gasteiger partial charge in [0.15, 0.2) is 17.3 Å². The Kier molecular flexibility index (Phi) is 6.77. The van der Waals surface area contributed by atoms with Crippen molar-refractivity contribution >= 4 is 11.8 Å². The highest BCUT2D eigenvalue weighted by molar-refractivity contribution is 6.04. The molecular weight excluding hydrogens is 394 g/mol. The van der Waals surface area contributed by atoms with Gasteiger partial charge in [0.1, 0.15) is 0 Å². The molecule has 0 spiro atoms. The normalized spacial score (nSPS) is 20.2. The van der Waals surface area contributed by atoms with Gasteiger partial charge in [-0.3, -0.25) is 4.79 Å². The van der Waals surface area contributed by atoms with Gasteiger partial charge in [0.25, 0.3) is 0 Å². The average Bonchev–Trinajstić information content (AvgIpc) is 2.70. The van der Waals surface area contributed by atoms with Crippen LogP contribution < -0.4 is 14.8 Å². The van der Waals surface area contributed by atoms with Crippen LogP contribution in [0, 0.1) is 5.41 Å². The molecule has 0 aromatic heterocycles. The standard InChI is InChI=1S/C25H33NO5/c1-7-11-31-24(28)21-15(3)26-17-13-25(4,5)14-18(27)23(17)22(21)16-9-10-19(30-8-2)20(12-16)29-6/h9-10,12,22,26H,7-8,11,13-14H2,1-6H3/t22-/m1/s1. The molecule has 0 saturated carbocycles. The Morgan fingerprint density at radius 2 is 1.94 bits per heavy atom. The molecule has 0 radical (unpaired) electrons. The van der Waals surface area contributed by atoms with Gasteiger partial charge in [-0.05, 0) is 49.8 Å². The lowest BCUT2D eigenvalue weighted by Crippen LogP contribution is -2.38. The SMILES string of the molecule is CCCOC(=O)C1=C(C)NC2=C(C(=O)CC(C)(C)C2)[C@@H]1c1ccc(OCC)c(OC)c1. The lowest BCUT2D eigenvalue weighted by molar-refractivity contribution is -0.139. The van der Waals surface area contributed by atoms with E-state index in [0.717, 1.165) is 29.8 Å². The van der Waals surface area contributed by atoms with Crippen molar-refractivity contribution in [2.45, 2.75) is 59.8 Å². The molecular formula is C25H33NO5. The van der Waals surface area contributed by atoms with E-state index < -0.39 is 11.9 Å². The molecule has 1 N–H and O–H groups in total. The smallest absolute Gasteiger partial charge is 0.336 e. The van der Waals surface area contributed by atoms with E-state index in [9.17, 15) is 9.59 Å². The fourth-order valence-electron chi connectivity index (χ4n) is 4.45. The van der Waals surface area contributed by atoms with Crippen molar-refractivity contribution in [2.24, 2.45) is 5.41 Å². The highest BCUT2D eigenvalue weighted by atomic mass is 16.5. The topological polar surface area (TPSA) is 73.9 Å². The number of benzene rings is 1. The number of dihydropyridines is 1. The summed E-state index contributed by atoms with van der Waals surface area (Å²) in [5, 5.41) is 3.35. The van der Waals surface area contributed by atoms with Crippen LogP contribution in [0.3, 0.4) is 0 Å². The summed E-state index contributed by atoms with van der Waals surface area (Å²) in [6, 6.07) is 5.60. The number of hydrogen-bond donors (Lipinski definition) is 1. The summed E-state index contributed by atoms with van der Waals surface area (Å²) in [6.45, 7) is 10.8. The van der Waals surface area contributed by atoms with Crippen LogP contribution in [0.4, 0.5) is 0 Å². The summed E-state index contributed by atoms with van der Waals surface area (Å²) < 4.78 is 16.7. The molecule has 1 aromatic carbocycles. The van der Waals surface area contributed by atoms with Crippen molar-refractivity contribution in [3.63, 3.8) is 0 Å². The average molecular weight is 428 g/mol. The van der Waals surface area contributed by atoms with E-state index in [1.165, 1.54) is 0 Å². The Bertz CT molecular complexity index is 941. The summed E-state index contributed by atoms with van der Waals surface area (Å²) in [5.41, 5.74) is 3.42. The predicted octanol–water partition coefficient (Wildman–Crippen LogP) is 4.65.